The Bertz CT molecular complexity index is 830. The quantitative estimate of drug-likeness (QED) is 0.503. The summed E-state index contributed by atoms with van der Waals surface area (Å²) < 4.78 is 0.625. The lowest BCUT2D eigenvalue weighted by molar-refractivity contribution is 0.0980. The van der Waals surface area contributed by atoms with Gasteiger partial charge in [0.25, 0.3) is 0 Å². The lowest BCUT2D eigenvalue weighted by atomic mass is 9.82. The maximum Gasteiger partial charge on any atom is 0.196 e. The molecule has 0 unspecified atom stereocenters. The summed E-state index contributed by atoms with van der Waals surface area (Å²) in [5, 5.41) is 3.30. The highest BCUT2D eigenvalue weighted by molar-refractivity contribution is 9.10. The van der Waals surface area contributed by atoms with Crippen LogP contribution in [0.1, 0.15) is 58.0 Å². The molecule has 0 saturated heterocycles. The molecule has 0 amide bonds. The summed E-state index contributed by atoms with van der Waals surface area (Å²) in [4.78, 5) is 25.8. The van der Waals surface area contributed by atoms with E-state index >= 15 is 0 Å². The fraction of sp³-hybridized carbons (Fsp3) is 0.263. The minimum Gasteiger partial charge on any atom is -0.397 e. The molecule has 24 heavy (non-hydrogen) atoms. The first-order chi connectivity index (χ1) is 11.6. The number of nitrogen functional groups attached to an aromatic ring is 1. The predicted molar refractivity (Wildman–Crippen MR) is 99.9 cm³/mol. The predicted octanol–water partition coefficient (Wildman–Crippen LogP) is 4.41. The Morgan fingerprint density at radius 3 is 2.29 bits per heavy atom. The SMILES string of the molecule is CCCCCNc1cc(Br)c(N)c2c1C(=O)c1ccccc1C2=O. The average molecular weight is 387 g/mol. The molecule has 0 spiro atoms. The van der Waals surface area contributed by atoms with Crippen molar-refractivity contribution in [2.45, 2.75) is 26.2 Å². The van der Waals surface area contributed by atoms with Gasteiger partial charge in [0.2, 0.25) is 0 Å². The molecule has 2 aromatic carbocycles. The Hall–Kier alpha value is -2.14. The molecule has 0 radical (unpaired) electrons. The van der Waals surface area contributed by atoms with Gasteiger partial charge >= 0.3 is 0 Å². The van der Waals surface area contributed by atoms with Crippen molar-refractivity contribution in [2.75, 3.05) is 17.6 Å². The molecule has 3 rings (SSSR count). The second-order valence-corrected chi connectivity index (χ2v) is 6.76. The van der Waals surface area contributed by atoms with Crippen molar-refractivity contribution in [3.8, 4) is 0 Å². The fourth-order valence-corrected chi connectivity index (χ4v) is 3.45. The Kier molecular flexibility index (Phi) is 4.71. The molecule has 0 saturated carbocycles. The smallest absolute Gasteiger partial charge is 0.196 e. The third-order valence-corrected chi connectivity index (χ3v) is 4.94. The zero-order chi connectivity index (χ0) is 17.3. The molecule has 1 aliphatic carbocycles. The van der Waals surface area contributed by atoms with Crippen molar-refractivity contribution in [2.24, 2.45) is 0 Å². The minimum absolute atomic E-state index is 0.155. The van der Waals surface area contributed by atoms with Crippen LogP contribution in [0.15, 0.2) is 34.8 Å². The fourth-order valence-electron chi connectivity index (χ4n) is 3.02. The number of rotatable bonds is 5. The Labute approximate surface area is 149 Å². The number of unbranched alkanes of at least 4 members (excludes halogenated alkanes) is 2. The molecule has 5 heteroatoms. The normalized spacial score (nSPS) is 12.8. The second-order valence-electron chi connectivity index (χ2n) is 5.91. The molecule has 0 heterocycles. The van der Waals surface area contributed by atoms with Crippen molar-refractivity contribution in [1.29, 1.82) is 0 Å². The highest BCUT2D eigenvalue weighted by atomic mass is 79.9. The first-order valence-corrected chi connectivity index (χ1v) is 8.89. The van der Waals surface area contributed by atoms with Gasteiger partial charge in [-0.15, -0.1) is 0 Å². The van der Waals surface area contributed by atoms with Gasteiger partial charge in [-0.2, -0.15) is 0 Å². The number of hydrogen-bond acceptors (Lipinski definition) is 4. The third-order valence-electron chi connectivity index (χ3n) is 4.28. The molecule has 2 aromatic rings. The molecule has 0 aliphatic heterocycles. The summed E-state index contributed by atoms with van der Waals surface area (Å²) in [6.07, 6.45) is 3.24. The summed E-state index contributed by atoms with van der Waals surface area (Å²) in [6, 6.07) is 8.68. The van der Waals surface area contributed by atoms with Gasteiger partial charge in [0.1, 0.15) is 0 Å². The second kappa shape index (κ2) is 6.77. The van der Waals surface area contributed by atoms with Crippen LogP contribution in [-0.4, -0.2) is 18.1 Å². The zero-order valence-corrected chi connectivity index (χ0v) is 15.1. The molecule has 0 bridgehead atoms. The Morgan fingerprint density at radius 2 is 1.67 bits per heavy atom. The molecule has 0 fully saturated rings. The van der Waals surface area contributed by atoms with Crippen LogP contribution in [0.5, 0.6) is 0 Å². The van der Waals surface area contributed by atoms with E-state index in [0.717, 1.165) is 25.8 Å². The molecule has 0 aromatic heterocycles. The molecule has 4 nitrogen and oxygen atoms in total. The lowest BCUT2D eigenvalue weighted by Gasteiger charge is -2.23. The highest BCUT2D eigenvalue weighted by Gasteiger charge is 2.34. The van der Waals surface area contributed by atoms with Gasteiger partial charge in [0.15, 0.2) is 11.6 Å². The number of nitrogens with one attached hydrogen (secondary N) is 1. The summed E-state index contributed by atoms with van der Waals surface area (Å²) in [5.41, 5.74) is 8.62. The van der Waals surface area contributed by atoms with Crippen molar-refractivity contribution in [3.63, 3.8) is 0 Å². The van der Waals surface area contributed by atoms with E-state index in [0.29, 0.717) is 38.1 Å². The van der Waals surface area contributed by atoms with E-state index in [1.54, 1.807) is 30.3 Å². The van der Waals surface area contributed by atoms with Crippen molar-refractivity contribution in [1.82, 2.24) is 0 Å². The molecule has 1 aliphatic rings. The first-order valence-electron chi connectivity index (χ1n) is 8.10. The molecular formula is C19H19BrN2O2. The van der Waals surface area contributed by atoms with Gasteiger partial charge in [-0.3, -0.25) is 9.59 Å². The van der Waals surface area contributed by atoms with Crippen LogP contribution in [0.4, 0.5) is 11.4 Å². The van der Waals surface area contributed by atoms with Gasteiger partial charge in [-0.05, 0) is 28.4 Å². The van der Waals surface area contributed by atoms with Gasteiger partial charge < -0.3 is 11.1 Å². The van der Waals surface area contributed by atoms with Gasteiger partial charge in [0, 0.05) is 27.8 Å². The van der Waals surface area contributed by atoms with Crippen molar-refractivity contribution >= 4 is 38.9 Å². The van der Waals surface area contributed by atoms with E-state index in [2.05, 4.69) is 28.2 Å². The number of halogens is 1. The molecule has 3 N–H and O–H groups in total. The summed E-state index contributed by atoms with van der Waals surface area (Å²) in [5.74, 6) is -0.354. The van der Waals surface area contributed by atoms with Crippen molar-refractivity contribution < 1.29 is 9.59 Å². The van der Waals surface area contributed by atoms with Crippen LogP contribution < -0.4 is 11.1 Å². The lowest BCUT2D eigenvalue weighted by Crippen LogP contribution is -2.24. The summed E-state index contributed by atoms with van der Waals surface area (Å²) >= 11 is 3.41. The number of fused-ring (bicyclic) bond motifs is 2. The van der Waals surface area contributed by atoms with Crippen LogP contribution in [-0.2, 0) is 0 Å². The van der Waals surface area contributed by atoms with Crippen LogP contribution >= 0.6 is 15.9 Å². The van der Waals surface area contributed by atoms with Gasteiger partial charge in [0.05, 0.1) is 16.8 Å². The number of benzene rings is 2. The maximum absolute atomic E-state index is 13.0. The van der Waals surface area contributed by atoms with Crippen LogP contribution in [0.2, 0.25) is 0 Å². The number of carbonyl (C=O) groups is 2. The molecular weight excluding hydrogens is 368 g/mol. The molecule has 0 atom stereocenters. The topological polar surface area (TPSA) is 72.2 Å². The monoisotopic (exact) mass is 386 g/mol. The van der Waals surface area contributed by atoms with Crippen molar-refractivity contribution in [3.05, 3.63) is 57.1 Å². The Balaban J connectivity index is 2.10. The van der Waals surface area contributed by atoms with Gasteiger partial charge in [-0.1, -0.05) is 44.0 Å². The van der Waals surface area contributed by atoms with Crippen LogP contribution in [0.25, 0.3) is 0 Å². The number of ketones is 2. The number of carbonyl (C=O) groups excluding carboxylic acids is 2. The van der Waals surface area contributed by atoms with E-state index in [1.807, 2.05) is 0 Å². The minimum atomic E-state index is -0.199. The van der Waals surface area contributed by atoms with E-state index in [4.69, 9.17) is 5.73 Å². The van der Waals surface area contributed by atoms with E-state index in [1.165, 1.54) is 0 Å². The number of nitrogens with two attached hydrogens (primary N) is 1. The maximum atomic E-state index is 13.0. The summed E-state index contributed by atoms with van der Waals surface area (Å²) in [6.45, 7) is 2.89. The van der Waals surface area contributed by atoms with Gasteiger partial charge in [-0.25, -0.2) is 0 Å². The highest BCUT2D eigenvalue weighted by Crippen LogP contribution is 2.39. The molecule has 124 valence electrons. The van der Waals surface area contributed by atoms with E-state index < -0.39 is 0 Å². The van der Waals surface area contributed by atoms with Crippen LogP contribution in [0, 0.1) is 0 Å². The number of hydrogen-bond donors (Lipinski definition) is 2. The van der Waals surface area contributed by atoms with E-state index in [-0.39, 0.29) is 11.6 Å². The summed E-state index contributed by atoms with van der Waals surface area (Å²) in [7, 11) is 0. The first kappa shape index (κ1) is 16.7. The zero-order valence-electron chi connectivity index (χ0n) is 13.5. The standard InChI is InChI=1S/C19H19BrN2O2/c1-2-3-6-9-22-14-10-13(20)17(21)16-15(14)18(23)11-7-4-5-8-12(11)19(16)24/h4-5,7-8,10,22H,2-3,6,9,21H2,1H3. The number of anilines is 2. The average Bonchev–Trinajstić information content (AvgIpc) is 2.59. The van der Waals surface area contributed by atoms with E-state index in [9.17, 15) is 9.59 Å². The van der Waals surface area contributed by atoms with Crippen LogP contribution in [0.3, 0.4) is 0 Å². The third kappa shape index (κ3) is 2.73. The Morgan fingerprint density at radius 1 is 1.04 bits per heavy atom. The largest absolute Gasteiger partial charge is 0.397 e.